The van der Waals surface area contributed by atoms with Crippen molar-refractivity contribution in [2.75, 3.05) is 0 Å². The van der Waals surface area contributed by atoms with Crippen LogP contribution in [0.3, 0.4) is 0 Å². The van der Waals surface area contributed by atoms with Gasteiger partial charge in [0.25, 0.3) is 0 Å². The Kier molecular flexibility index (Phi) is 2.04. The monoisotopic (exact) mass is 226 g/mol. The molecule has 0 aliphatic rings. The molecule has 16 heavy (non-hydrogen) atoms. The van der Waals surface area contributed by atoms with Crippen molar-refractivity contribution in [3.8, 4) is 0 Å². The van der Waals surface area contributed by atoms with E-state index in [1.54, 1.807) is 0 Å². The van der Waals surface area contributed by atoms with Crippen LogP contribution in [0.4, 0.5) is 0 Å². The van der Waals surface area contributed by atoms with E-state index in [1.807, 2.05) is 36.4 Å². The van der Waals surface area contributed by atoms with Gasteiger partial charge in [0, 0.05) is 10.8 Å². The second-order valence-corrected chi connectivity index (χ2v) is 4.28. The predicted octanol–water partition coefficient (Wildman–Crippen LogP) is 4.62. The van der Waals surface area contributed by atoms with Crippen LogP contribution in [0.15, 0.2) is 46.9 Å². The Morgan fingerprint density at radius 2 is 1.69 bits per heavy atom. The minimum Gasteiger partial charge on any atom is -0.456 e. The minimum absolute atomic E-state index is 0.852. The van der Waals surface area contributed by atoms with E-state index < -0.39 is 0 Å². The molecule has 2 heteroatoms. The molecule has 78 valence electrons. The van der Waals surface area contributed by atoms with Gasteiger partial charge in [0.1, 0.15) is 11.2 Å². The molecule has 0 saturated carbocycles. The van der Waals surface area contributed by atoms with Gasteiger partial charge in [0.2, 0.25) is 0 Å². The van der Waals surface area contributed by atoms with E-state index in [0.29, 0.717) is 0 Å². The molecule has 0 amide bonds. The fraction of sp³-hybridized carbons (Fsp3) is 0.0714. The van der Waals surface area contributed by atoms with E-state index >= 15 is 0 Å². The fourth-order valence-electron chi connectivity index (χ4n) is 2.01. The Labute approximate surface area is 98.3 Å². The number of rotatable bonds is 0. The molecule has 0 radical (unpaired) electrons. The lowest BCUT2D eigenvalue weighted by Crippen LogP contribution is -1.82. The molecule has 0 atom stereocenters. The van der Waals surface area contributed by atoms with Crippen molar-refractivity contribution >= 4 is 34.2 Å². The first-order valence-corrected chi connectivity index (χ1v) is 5.59. The Morgan fingerprint density at radius 3 is 2.56 bits per heavy atom. The lowest BCUT2D eigenvalue weighted by atomic mass is 10.1. The van der Waals surface area contributed by atoms with Crippen LogP contribution in [0.25, 0.3) is 21.9 Å². The first kappa shape index (κ1) is 9.55. The van der Waals surface area contributed by atoms with Crippen molar-refractivity contribution in [3.05, 3.63) is 52.5 Å². The van der Waals surface area contributed by atoms with E-state index in [2.05, 4.69) is 13.0 Å². The van der Waals surface area contributed by atoms with Crippen molar-refractivity contribution in [1.29, 1.82) is 0 Å². The summed E-state index contributed by atoms with van der Waals surface area (Å²) in [5.74, 6) is 0. The third kappa shape index (κ3) is 1.27. The van der Waals surface area contributed by atoms with Gasteiger partial charge in [0.05, 0.1) is 4.51 Å². The number of para-hydroxylation sites is 1. The zero-order chi connectivity index (χ0) is 11.1. The fourth-order valence-corrected chi connectivity index (χ4v) is 2.44. The van der Waals surface area contributed by atoms with Gasteiger partial charge in [-0.3, -0.25) is 0 Å². The molecule has 2 aromatic carbocycles. The van der Waals surface area contributed by atoms with Crippen LogP contribution in [0, 0.1) is 11.4 Å². The molecule has 1 heterocycles. The van der Waals surface area contributed by atoms with Gasteiger partial charge in [-0.05, 0) is 30.7 Å². The van der Waals surface area contributed by atoms with Gasteiger partial charge in [-0.25, -0.2) is 0 Å². The number of hydrogen-bond donors (Lipinski definition) is 0. The molecule has 3 rings (SSSR count). The van der Waals surface area contributed by atoms with Gasteiger partial charge in [0.15, 0.2) is 0 Å². The average molecular weight is 226 g/mol. The number of hydrogen-bond acceptors (Lipinski definition) is 2. The third-order valence-electron chi connectivity index (χ3n) is 2.81. The number of fused-ring (bicyclic) bond motifs is 2. The molecule has 3 aromatic rings. The van der Waals surface area contributed by atoms with Crippen molar-refractivity contribution in [2.24, 2.45) is 0 Å². The Balaban J connectivity index is 2.67. The van der Waals surface area contributed by atoms with E-state index in [0.717, 1.165) is 32.0 Å². The topological polar surface area (TPSA) is 13.1 Å². The van der Waals surface area contributed by atoms with E-state index in [9.17, 15) is 0 Å². The molecule has 0 saturated heterocycles. The molecular weight excluding hydrogens is 216 g/mol. The van der Waals surface area contributed by atoms with Crippen molar-refractivity contribution < 1.29 is 4.42 Å². The van der Waals surface area contributed by atoms with Gasteiger partial charge < -0.3 is 4.42 Å². The molecule has 1 nitrogen and oxygen atoms in total. The number of benzene rings is 2. The highest BCUT2D eigenvalue weighted by atomic mass is 32.1. The Hall–Kier alpha value is -1.67. The number of aryl methyl sites for hydroxylation is 1. The summed E-state index contributed by atoms with van der Waals surface area (Å²) < 4.78 is 6.73. The largest absolute Gasteiger partial charge is 0.456 e. The van der Waals surface area contributed by atoms with E-state index in [4.69, 9.17) is 16.6 Å². The summed E-state index contributed by atoms with van der Waals surface area (Å²) >= 11 is 5.52. The Morgan fingerprint density at radius 1 is 0.938 bits per heavy atom. The maximum atomic E-state index is 5.84. The SMILES string of the molecule is Cc1cccc2oc3ccccc3c(=S)c12. The molecule has 0 N–H and O–H groups in total. The van der Waals surface area contributed by atoms with Gasteiger partial charge in [-0.15, -0.1) is 0 Å². The minimum atomic E-state index is 0.852. The second-order valence-electron chi connectivity index (χ2n) is 3.88. The highest BCUT2D eigenvalue weighted by molar-refractivity contribution is 7.72. The highest BCUT2D eigenvalue weighted by Gasteiger charge is 2.05. The van der Waals surface area contributed by atoms with Crippen LogP contribution in [0.1, 0.15) is 5.56 Å². The molecule has 0 spiro atoms. The summed E-state index contributed by atoms with van der Waals surface area (Å²) in [7, 11) is 0. The third-order valence-corrected chi connectivity index (χ3v) is 3.24. The second kappa shape index (κ2) is 3.42. The smallest absolute Gasteiger partial charge is 0.136 e. The lowest BCUT2D eigenvalue weighted by Gasteiger charge is -2.04. The van der Waals surface area contributed by atoms with Crippen molar-refractivity contribution in [2.45, 2.75) is 6.92 Å². The maximum absolute atomic E-state index is 5.84. The van der Waals surface area contributed by atoms with Crippen LogP contribution >= 0.6 is 12.2 Å². The van der Waals surface area contributed by atoms with Crippen LogP contribution in [0.5, 0.6) is 0 Å². The molecule has 1 aromatic heterocycles. The first-order chi connectivity index (χ1) is 7.77. The lowest BCUT2D eigenvalue weighted by molar-refractivity contribution is 0.660. The maximum Gasteiger partial charge on any atom is 0.136 e. The van der Waals surface area contributed by atoms with Gasteiger partial charge in [-0.2, -0.15) is 0 Å². The summed E-state index contributed by atoms with van der Waals surface area (Å²) in [6, 6.07) is 13.9. The van der Waals surface area contributed by atoms with Crippen molar-refractivity contribution in [3.63, 3.8) is 0 Å². The molecular formula is C14H10OS. The van der Waals surface area contributed by atoms with Crippen LogP contribution in [-0.2, 0) is 0 Å². The standard InChI is InChI=1S/C14H10OS/c1-9-5-4-8-12-13(9)14(16)10-6-2-3-7-11(10)15-12/h2-8H,1H3. The zero-order valence-electron chi connectivity index (χ0n) is 8.86. The van der Waals surface area contributed by atoms with Gasteiger partial charge >= 0.3 is 0 Å². The van der Waals surface area contributed by atoms with Crippen LogP contribution in [0.2, 0.25) is 0 Å². The molecule has 0 aliphatic carbocycles. The van der Waals surface area contributed by atoms with Crippen LogP contribution < -0.4 is 0 Å². The van der Waals surface area contributed by atoms with E-state index in [-0.39, 0.29) is 0 Å². The normalized spacial score (nSPS) is 11.1. The Bertz CT molecular complexity index is 740. The summed E-state index contributed by atoms with van der Waals surface area (Å²) in [6.07, 6.45) is 0. The summed E-state index contributed by atoms with van der Waals surface area (Å²) in [5, 5.41) is 2.07. The van der Waals surface area contributed by atoms with Crippen LogP contribution in [-0.4, -0.2) is 0 Å². The highest BCUT2D eigenvalue weighted by Crippen LogP contribution is 2.27. The zero-order valence-corrected chi connectivity index (χ0v) is 9.67. The summed E-state index contributed by atoms with van der Waals surface area (Å²) in [5.41, 5.74) is 2.88. The quantitative estimate of drug-likeness (QED) is 0.409. The molecule has 0 bridgehead atoms. The molecule has 0 aliphatic heterocycles. The average Bonchev–Trinajstić information content (AvgIpc) is 2.29. The molecule has 0 fully saturated rings. The van der Waals surface area contributed by atoms with E-state index in [1.165, 1.54) is 0 Å². The summed E-state index contributed by atoms with van der Waals surface area (Å²) in [4.78, 5) is 0. The molecule has 0 unspecified atom stereocenters. The predicted molar refractivity (Wildman–Crippen MR) is 69.3 cm³/mol. The first-order valence-electron chi connectivity index (χ1n) is 5.18. The summed E-state index contributed by atoms with van der Waals surface area (Å²) in [6.45, 7) is 2.06. The van der Waals surface area contributed by atoms with Crippen molar-refractivity contribution in [1.82, 2.24) is 0 Å². The van der Waals surface area contributed by atoms with Gasteiger partial charge in [-0.1, -0.05) is 36.5 Å².